The van der Waals surface area contributed by atoms with Crippen LogP contribution in [-0.2, 0) is 11.3 Å². The van der Waals surface area contributed by atoms with Crippen LogP contribution in [0.2, 0.25) is 0 Å². The Morgan fingerprint density at radius 1 is 1.27 bits per heavy atom. The van der Waals surface area contributed by atoms with Gasteiger partial charge in [-0.3, -0.25) is 19.1 Å². The highest BCUT2D eigenvalue weighted by Crippen LogP contribution is 2.20. The number of benzene rings is 1. The van der Waals surface area contributed by atoms with E-state index < -0.39 is 17.2 Å². The standard InChI is InChI=1S/C22H32N4O4/c1-5-6-12-26-20(23)19(21(28)24-22(26)29)25(13-11-15(2)3)18(27)14-30-17-10-8-7-9-16(17)4/h7-10,15H,5-6,11-14,23H2,1-4H3,(H,24,28,29). The predicted molar refractivity (Wildman–Crippen MR) is 119 cm³/mol. The number of aromatic nitrogens is 2. The molecule has 2 rings (SSSR count). The van der Waals surface area contributed by atoms with Crippen LogP contribution in [0.3, 0.4) is 0 Å². The van der Waals surface area contributed by atoms with Gasteiger partial charge in [-0.2, -0.15) is 0 Å². The molecule has 0 saturated carbocycles. The molecular weight excluding hydrogens is 384 g/mol. The van der Waals surface area contributed by atoms with E-state index in [-0.39, 0.29) is 18.1 Å². The molecule has 0 fully saturated rings. The topological polar surface area (TPSA) is 110 Å². The van der Waals surface area contributed by atoms with E-state index in [1.54, 1.807) is 6.07 Å². The van der Waals surface area contributed by atoms with Gasteiger partial charge in [-0.15, -0.1) is 0 Å². The highest BCUT2D eigenvalue weighted by Gasteiger charge is 2.24. The number of H-pyrrole nitrogens is 1. The normalized spacial score (nSPS) is 11.0. The van der Waals surface area contributed by atoms with Crippen molar-refractivity contribution in [2.24, 2.45) is 5.92 Å². The molecule has 164 valence electrons. The van der Waals surface area contributed by atoms with Crippen LogP contribution in [0.15, 0.2) is 33.9 Å². The first-order chi connectivity index (χ1) is 14.3. The van der Waals surface area contributed by atoms with Crippen LogP contribution in [0.1, 0.15) is 45.6 Å². The van der Waals surface area contributed by atoms with Crippen molar-refractivity contribution in [3.05, 3.63) is 50.7 Å². The van der Waals surface area contributed by atoms with Crippen LogP contribution in [0.25, 0.3) is 0 Å². The van der Waals surface area contributed by atoms with E-state index in [2.05, 4.69) is 4.98 Å². The number of aromatic amines is 1. The monoisotopic (exact) mass is 416 g/mol. The van der Waals surface area contributed by atoms with E-state index in [1.807, 2.05) is 45.9 Å². The molecule has 2 aromatic rings. The number of ether oxygens (including phenoxy) is 1. The van der Waals surface area contributed by atoms with Gasteiger partial charge in [-0.25, -0.2) is 4.79 Å². The summed E-state index contributed by atoms with van der Waals surface area (Å²) in [6, 6.07) is 7.39. The number of rotatable bonds is 10. The molecule has 0 unspecified atom stereocenters. The summed E-state index contributed by atoms with van der Waals surface area (Å²) in [5.41, 5.74) is 5.89. The van der Waals surface area contributed by atoms with Gasteiger partial charge in [-0.1, -0.05) is 45.4 Å². The van der Waals surface area contributed by atoms with E-state index in [9.17, 15) is 14.4 Å². The van der Waals surface area contributed by atoms with E-state index in [1.165, 1.54) is 9.47 Å². The lowest BCUT2D eigenvalue weighted by molar-refractivity contribution is -0.120. The van der Waals surface area contributed by atoms with E-state index in [0.717, 1.165) is 18.4 Å². The number of unbranched alkanes of at least 4 members (excludes halogenated alkanes) is 1. The Labute approximate surface area is 176 Å². The zero-order chi connectivity index (χ0) is 22.3. The van der Waals surface area contributed by atoms with E-state index >= 15 is 0 Å². The van der Waals surface area contributed by atoms with Crippen LogP contribution < -0.4 is 26.6 Å². The van der Waals surface area contributed by atoms with Gasteiger partial charge >= 0.3 is 5.69 Å². The molecule has 1 aromatic carbocycles. The highest BCUT2D eigenvalue weighted by molar-refractivity contribution is 5.96. The number of amides is 1. The van der Waals surface area contributed by atoms with Crippen molar-refractivity contribution in [1.29, 1.82) is 0 Å². The van der Waals surface area contributed by atoms with Gasteiger partial charge in [0.1, 0.15) is 11.6 Å². The minimum atomic E-state index is -0.668. The Hall–Kier alpha value is -3.03. The number of aryl methyl sites for hydroxylation is 1. The SMILES string of the molecule is CCCCn1c(N)c(N(CCC(C)C)C(=O)COc2ccccc2C)c(=O)[nH]c1=O. The van der Waals surface area contributed by atoms with Crippen LogP contribution >= 0.6 is 0 Å². The van der Waals surface area contributed by atoms with Crippen molar-refractivity contribution in [2.75, 3.05) is 23.8 Å². The predicted octanol–water partition coefficient (Wildman–Crippen LogP) is 2.69. The molecule has 8 nitrogen and oxygen atoms in total. The first-order valence-corrected chi connectivity index (χ1v) is 10.4. The van der Waals surface area contributed by atoms with Gasteiger partial charge in [0.05, 0.1) is 0 Å². The smallest absolute Gasteiger partial charge is 0.330 e. The molecule has 0 aliphatic rings. The molecule has 1 heterocycles. The third kappa shape index (κ3) is 5.75. The molecule has 0 spiro atoms. The number of nitrogens with one attached hydrogen (secondary N) is 1. The number of carbonyl (C=O) groups excluding carboxylic acids is 1. The molecule has 0 saturated heterocycles. The van der Waals surface area contributed by atoms with E-state index in [0.29, 0.717) is 31.2 Å². The summed E-state index contributed by atoms with van der Waals surface area (Å²) in [6.45, 7) is 8.38. The van der Waals surface area contributed by atoms with Crippen molar-refractivity contribution in [1.82, 2.24) is 9.55 Å². The third-order valence-electron chi connectivity index (χ3n) is 4.90. The number of nitrogens with zero attached hydrogens (tertiary/aromatic N) is 2. The third-order valence-corrected chi connectivity index (χ3v) is 4.90. The second kappa shape index (κ2) is 10.7. The second-order valence-corrected chi connectivity index (χ2v) is 7.78. The molecule has 1 amide bonds. The van der Waals surface area contributed by atoms with E-state index in [4.69, 9.17) is 10.5 Å². The van der Waals surface area contributed by atoms with Crippen molar-refractivity contribution >= 4 is 17.4 Å². The first kappa shape index (κ1) is 23.3. The van der Waals surface area contributed by atoms with Crippen molar-refractivity contribution in [3.63, 3.8) is 0 Å². The molecule has 3 N–H and O–H groups in total. The number of hydrogen-bond donors (Lipinski definition) is 2. The van der Waals surface area contributed by atoms with Gasteiger partial charge in [0.15, 0.2) is 12.3 Å². The summed E-state index contributed by atoms with van der Waals surface area (Å²) in [5, 5.41) is 0. The van der Waals surface area contributed by atoms with Crippen LogP contribution in [0, 0.1) is 12.8 Å². The number of para-hydroxylation sites is 1. The van der Waals surface area contributed by atoms with Crippen molar-refractivity contribution < 1.29 is 9.53 Å². The summed E-state index contributed by atoms with van der Waals surface area (Å²) in [5.74, 6) is 0.523. The quantitative estimate of drug-likeness (QED) is 0.619. The fraction of sp³-hybridized carbons (Fsp3) is 0.500. The molecular formula is C22H32N4O4. The van der Waals surface area contributed by atoms with Gasteiger partial charge < -0.3 is 15.4 Å². The fourth-order valence-electron chi connectivity index (χ4n) is 3.06. The molecule has 1 aromatic heterocycles. The Kier molecular flexibility index (Phi) is 8.26. The lowest BCUT2D eigenvalue weighted by atomic mass is 10.1. The van der Waals surface area contributed by atoms with Gasteiger partial charge in [0.2, 0.25) is 0 Å². The Balaban J connectivity index is 2.38. The number of nitrogen functional groups attached to an aromatic ring is 1. The minimum absolute atomic E-state index is 0.00439. The Bertz CT molecular complexity index is 978. The van der Waals surface area contributed by atoms with Crippen LogP contribution in [0.5, 0.6) is 5.75 Å². The number of anilines is 2. The summed E-state index contributed by atoms with van der Waals surface area (Å²) >= 11 is 0. The highest BCUT2D eigenvalue weighted by atomic mass is 16.5. The molecule has 8 heteroatoms. The summed E-state index contributed by atoms with van der Waals surface area (Å²) < 4.78 is 7.01. The summed E-state index contributed by atoms with van der Waals surface area (Å²) in [7, 11) is 0. The van der Waals surface area contributed by atoms with Crippen LogP contribution in [0.4, 0.5) is 11.5 Å². The summed E-state index contributed by atoms with van der Waals surface area (Å²) in [4.78, 5) is 41.5. The second-order valence-electron chi connectivity index (χ2n) is 7.78. The molecule has 0 bridgehead atoms. The minimum Gasteiger partial charge on any atom is -0.483 e. The zero-order valence-electron chi connectivity index (χ0n) is 18.2. The largest absolute Gasteiger partial charge is 0.483 e. The number of hydrogen-bond acceptors (Lipinski definition) is 5. The first-order valence-electron chi connectivity index (χ1n) is 10.4. The van der Waals surface area contributed by atoms with Gasteiger partial charge in [0, 0.05) is 13.1 Å². The number of carbonyl (C=O) groups is 1. The molecule has 0 aliphatic heterocycles. The van der Waals surface area contributed by atoms with Crippen molar-refractivity contribution in [3.8, 4) is 5.75 Å². The maximum absolute atomic E-state index is 13.1. The Morgan fingerprint density at radius 3 is 2.60 bits per heavy atom. The van der Waals surface area contributed by atoms with Crippen LogP contribution in [-0.4, -0.2) is 28.6 Å². The maximum Gasteiger partial charge on any atom is 0.330 e. The summed E-state index contributed by atoms with van der Waals surface area (Å²) in [6.07, 6.45) is 2.26. The van der Waals surface area contributed by atoms with Gasteiger partial charge in [-0.05, 0) is 37.3 Å². The lowest BCUT2D eigenvalue weighted by Gasteiger charge is -2.25. The Morgan fingerprint density at radius 2 is 1.97 bits per heavy atom. The number of nitrogens with two attached hydrogens (primary N) is 1. The zero-order valence-corrected chi connectivity index (χ0v) is 18.2. The maximum atomic E-state index is 13.1. The lowest BCUT2D eigenvalue weighted by Crippen LogP contribution is -2.43. The molecule has 0 radical (unpaired) electrons. The fourth-order valence-corrected chi connectivity index (χ4v) is 3.06. The van der Waals surface area contributed by atoms with Crippen molar-refractivity contribution in [2.45, 2.75) is 53.5 Å². The average molecular weight is 417 g/mol. The molecule has 30 heavy (non-hydrogen) atoms. The average Bonchev–Trinajstić information content (AvgIpc) is 2.69. The molecule has 0 aliphatic carbocycles. The molecule has 0 atom stereocenters. The van der Waals surface area contributed by atoms with Gasteiger partial charge in [0.25, 0.3) is 11.5 Å².